The Labute approximate surface area is 143 Å². The second-order valence-corrected chi connectivity index (χ2v) is 6.98. The highest BCUT2D eigenvalue weighted by atomic mass is 35.5. The maximum Gasteiger partial charge on any atom is 0.401 e. The van der Waals surface area contributed by atoms with Gasteiger partial charge < -0.3 is 4.84 Å². The fourth-order valence-corrected chi connectivity index (χ4v) is 4.27. The molecule has 2 unspecified atom stereocenters. The highest BCUT2D eigenvalue weighted by molar-refractivity contribution is 6.30. The molecular weight excluding hydrogens is 343 g/mol. The molecule has 132 valence electrons. The molecule has 2 bridgehead atoms. The number of oxime groups is 1. The Morgan fingerprint density at radius 2 is 2.04 bits per heavy atom. The normalized spacial score (nSPS) is 30.9. The monoisotopic (exact) mass is 361 g/mol. The lowest BCUT2D eigenvalue weighted by atomic mass is 9.71. The fraction of sp³-hybridized carbons (Fsp3) is 0.625. The predicted molar refractivity (Wildman–Crippen MR) is 85.2 cm³/mol. The highest BCUT2D eigenvalue weighted by Crippen LogP contribution is 2.47. The second kappa shape index (κ2) is 6.52. The predicted octanol–water partition coefficient (Wildman–Crippen LogP) is 3.79. The molecule has 8 heteroatoms. The van der Waals surface area contributed by atoms with E-state index in [-0.39, 0.29) is 12.1 Å². The van der Waals surface area contributed by atoms with Crippen molar-refractivity contribution in [2.24, 2.45) is 5.16 Å². The Morgan fingerprint density at radius 3 is 2.58 bits per heavy atom. The van der Waals surface area contributed by atoms with Gasteiger partial charge >= 0.3 is 6.18 Å². The van der Waals surface area contributed by atoms with Gasteiger partial charge in [0, 0.05) is 29.9 Å². The van der Waals surface area contributed by atoms with Gasteiger partial charge in [0.1, 0.15) is 7.11 Å². The first kappa shape index (κ1) is 17.5. The topological polar surface area (TPSA) is 37.7 Å². The third-order valence-corrected chi connectivity index (χ3v) is 5.22. The fourth-order valence-electron chi connectivity index (χ4n) is 4.10. The maximum absolute atomic E-state index is 12.9. The van der Waals surface area contributed by atoms with Crippen molar-refractivity contribution >= 4 is 17.8 Å². The summed E-state index contributed by atoms with van der Waals surface area (Å²) in [7, 11) is 1.45. The van der Waals surface area contributed by atoms with Crippen LogP contribution in [0.4, 0.5) is 13.2 Å². The molecule has 2 aliphatic heterocycles. The van der Waals surface area contributed by atoms with Crippen LogP contribution in [0.25, 0.3) is 0 Å². The summed E-state index contributed by atoms with van der Waals surface area (Å²) in [4.78, 5) is 10.6. The van der Waals surface area contributed by atoms with Gasteiger partial charge in [-0.15, -0.1) is 0 Å². The van der Waals surface area contributed by atoms with Gasteiger partial charge in [0.05, 0.1) is 17.8 Å². The molecule has 2 fully saturated rings. The average Bonchev–Trinajstić information content (AvgIpc) is 2.75. The van der Waals surface area contributed by atoms with Crippen molar-refractivity contribution in [1.82, 2.24) is 9.88 Å². The van der Waals surface area contributed by atoms with Crippen LogP contribution < -0.4 is 0 Å². The SMILES string of the molecule is CON=CC1(c2cncc(Cl)c2)CC2CCC(C1)N2CC(F)(F)F. The van der Waals surface area contributed by atoms with Gasteiger partial charge in [-0.05, 0) is 37.3 Å². The van der Waals surface area contributed by atoms with Gasteiger partial charge in [-0.3, -0.25) is 9.88 Å². The van der Waals surface area contributed by atoms with Gasteiger partial charge in [0.25, 0.3) is 0 Å². The molecule has 1 aromatic rings. The van der Waals surface area contributed by atoms with Crippen LogP contribution >= 0.6 is 11.6 Å². The molecule has 2 atom stereocenters. The number of rotatable bonds is 4. The van der Waals surface area contributed by atoms with Gasteiger partial charge in [-0.2, -0.15) is 13.2 Å². The van der Waals surface area contributed by atoms with E-state index in [1.807, 2.05) is 6.07 Å². The summed E-state index contributed by atoms with van der Waals surface area (Å²) in [5.41, 5.74) is 0.376. The number of piperidine rings is 1. The molecule has 3 heterocycles. The van der Waals surface area contributed by atoms with Gasteiger partial charge in [-0.25, -0.2) is 0 Å². The molecule has 0 N–H and O–H groups in total. The van der Waals surface area contributed by atoms with Crippen molar-refractivity contribution in [2.45, 2.75) is 49.4 Å². The summed E-state index contributed by atoms with van der Waals surface area (Å²) in [6.45, 7) is -0.854. The Morgan fingerprint density at radius 1 is 1.38 bits per heavy atom. The summed E-state index contributed by atoms with van der Waals surface area (Å²) in [5.74, 6) is 0. The smallest absolute Gasteiger partial charge is 0.399 e. The largest absolute Gasteiger partial charge is 0.401 e. The number of fused-ring (bicyclic) bond motifs is 2. The Hall–Kier alpha value is -1.34. The van der Waals surface area contributed by atoms with E-state index in [1.54, 1.807) is 23.5 Å². The molecule has 0 saturated carbocycles. The summed E-state index contributed by atoms with van der Waals surface area (Å²) < 4.78 is 38.6. The van der Waals surface area contributed by atoms with E-state index in [4.69, 9.17) is 16.4 Å². The van der Waals surface area contributed by atoms with E-state index in [2.05, 4.69) is 10.1 Å². The van der Waals surface area contributed by atoms with Gasteiger partial charge in [-0.1, -0.05) is 16.8 Å². The number of hydrogen-bond acceptors (Lipinski definition) is 4. The lowest BCUT2D eigenvalue weighted by Gasteiger charge is -2.45. The summed E-state index contributed by atoms with van der Waals surface area (Å²) in [5, 5.41) is 4.44. The quantitative estimate of drug-likeness (QED) is 0.605. The molecular formula is C16H19ClF3N3O. The van der Waals surface area contributed by atoms with E-state index in [9.17, 15) is 13.2 Å². The number of hydrogen-bond donors (Lipinski definition) is 0. The molecule has 0 spiro atoms. The van der Waals surface area contributed by atoms with Gasteiger partial charge in [0.2, 0.25) is 0 Å². The molecule has 0 radical (unpaired) electrons. The zero-order valence-corrected chi connectivity index (χ0v) is 14.0. The van der Waals surface area contributed by atoms with Crippen LogP contribution in [0.15, 0.2) is 23.6 Å². The minimum atomic E-state index is -4.18. The van der Waals surface area contributed by atoms with Crippen LogP contribution in [0.5, 0.6) is 0 Å². The molecule has 4 nitrogen and oxygen atoms in total. The van der Waals surface area contributed by atoms with Crippen LogP contribution in [0, 0.1) is 0 Å². The first-order valence-corrected chi connectivity index (χ1v) is 8.22. The standard InChI is InChI=1S/C16H19ClF3N3O/c1-24-22-9-15(11-4-12(17)8-21-7-11)5-13-2-3-14(6-15)23(13)10-16(18,19)20/h4,7-9,13-14H,2-3,5-6,10H2,1H3. The van der Waals surface area contributed by atoms with Crippen molar-refractivity contribution in [1.29, 1.82) is 0 Å². The Kier molecular flexibility index (Phi) is 4.75. The van der Waals surface area contributed by atoms with Crippen molar-refractivity contribution in [2.75, 3.05) is 13.7 Å². The van der Waals surface area contributed by atoms with Crippen LogP contribution in [0.3, 0.4) is 0 Å². The van der Waals surface area contributed by atoms with Crippen LogP contribution in [0.2, 0.25) is 5.02 Å². The number of alkyl halides is 3. The molecule has 0 amide bonds. The number of pyridine rings is 1. The van der Waals surface area contributed by atoms with E-state index in [0.29, 0.717) is 17.9 Å². The average molecular weight is 362 g/mol. The van der Waals surface area contributed by atoms with Gasteiger partial charge in [0.15, 0.2) is 0 Å². The number of halogens is 4. The lowest BCUT2D eigenvalue weighted by Crippen LogP contribution is -2.53. The molecule has 2 saturated heterocycles. The minimum absolute atomic E-state index is 0.132. The molecule has 3 rings (SSSR count). The lowest BCUT2D eigenvalue weighted by molar-refractivity contribution is -0.156. The molecule has 0 aromatic carbocycles. The first-order chi connectivity index (χ1) is 11.3. The number of nitrogens with zero attached hydrogens (tertiary/aromatic N) is 3. The molecule has 24 heavy (non-hydrogen) atoms. The van der Waals surface area contributed by atoms with E-state index in [0.717, 1.165) is 18.4 Å². The van der Waals surface area contributed by atoms with E-state index in [1.165, 1.54) is 7.11 Å². The van der Waals surface area contributed by atoms with Crippen molar-refractivity contribution in [3.8, 4) is 0 Å². The molecule has 2 aliphatic rings. The highest BCUT2D eigenvalue weighted by Gasteiger charge is 2.51. The van der Waals surface area contributed by atoms with Crippen molar-refractivity contribution < 1.29 is 18.0 Å². The zero-order valence-electron chi connectivity index (χ0n) is 13.3. The molecule has 0 aliphatic carbocycles. The summed E-state index contributed by atoms with van der Waals surface area (Å²) in [6.07, 6.45) is 3.40. The third kappa shape index (κ3) is 3.52. The summed E-state index contributed by atoms with van der Waals surface area (Å²) >= 11 is 6.07. The minimum Gasteiger partial charge on any atom is -0.399 e. The Balaban J connectivity index is 1.92. The van der Waals surface area contributed by atoms with Crippen molar-refractivity contribution in [3.05, 3.63) is 29.0 Å². The van der Waals surface area contributed by atoms with E-state index >= 15 is 0 Å². The molecule has 1 aromatic heterocycles. The number of aromatic nitrogens is 1. The Bertz CT molecular complexity index is 609. The van der Waals surface area contributed by atoms with Crippen LogP contribution in [0.1, 0.15) is 31.2 Å². The second-order valence-electron chi connectivity index (χ2n) is 6.55. The zero-order chi connectivity index (χ0) is 17.4. The summed E-state index contributed by atoms with van der Waals surface area (Å²) in [6, 6.07) is 1.55. The van der Waals surface area contributed by atoms with Crippen LogP contribution in [-0.2, 0) is 10.3 Å². The van der Waals surface area contributed by atoms with E-state index < -0.39 is 18.1 Å². The van der Waals surface area contributed by atoms with Crippen LogP contribution in [-0.4, -0.2) is 48.0 Å². The third-order valence-electron chi connectivity index (χ3n) is 5.02. The first-order valence-electron chi connectivity index (χ1n) is 7.84. The maximum atomic E-state index is 12.9. The van der Waals surface area contributed by atoms with Crippen molar-refractivity contribution in [3.63, 3.8) is 0 Å².